The number of hydrogen-bond acceptors (Lipinski definition) is 3. The summed E-state index contributed by atoms with van der Waals surface area (Å²) in [4.78, 5) is 25.3. The molecular weight excluding hydrogens is 316 g/mol. The molecule has 130 valence electrons. The second kappa shape index (κ2) is 5.00. The number of rotatable bonds is 4. The maximum absolute atomic E-state index is 12.7. The van der Waals surface area contributed by atoms with Crippen molar-refractivity contribution in [1.82, 2.24) is 10.2 Å². The van der Waals surface area contributed by atoms with Crippen LogP contribution in [-0.4, -0.2) is 35.5 Å². The molecule has 4 atom stereocenters. The largest absolute Gasteiger partial charge is 0.397 e. The lowest BCUT2D eigenvalue weighted by Gasteiger charge is -2.20. The van der Waals surface area contributed by atoms with Crippen molar-refractivity contribution >= 4 is 29.4 Å². The van der Waals surface area contributed by atoms with Crippen LogP contribution in [0.15, 0.2) is 24.3 Å². The maximum Gasteiger partial charge on any atom is 0.322 e. The molecule has 1 aromatic rings. The van der Waals surface area contributed by atoms with Crippen LogP contribution in [0.25, 0.3) is 5.57 Å². The Morgan fingerprint density at radius 1 is 1.36 bits per heavy atom. The van der Waals surface area contributed by atoms with E-state index in [1.807, 2.05) is 23.1 Å². The number of allylic oxidation sites excluding steroid dienone is 2. The Morgan fingerprint density at radius 3 is 2.96 bits per heavy atom. The normalized spacial score (nSPS) is 34.0. The maximum atomic E-state index is 12.7. The summed E-state index contributed by atoms with van der Waals surface area (Å²) in [7, 11) is 0. The molecule has 4 unspecified atom stereocenters. The van der Waals surface area contributed by atoms with Crippen LogP contribution >= 0.6 is 0 Å². The highest BCUT2D eigenvalue weighted by atomic mass is 16.2. The van der Waals surface area contributed by atoms with Gasteiger partial charge in [0, 0.05) is 18.4 Å². The van der Waals surface area contributed by atoms with E-state index in [4.69, 9.17) is 5.73 Å². The summed E-state index contributed by atoms with van der Waals surface area (Å²) < 4.78 is 0. The van der Waals surface area contributed by atoms with E-state index in [0.717, 1.165) is 24.8 Å². The molecule has 6 rings (SSSR count). The van der Waals surface area contributed by atoms with Crippen molar-refractivity contribution in [2.24, 2.45) is 11.8 Å². The van der Waals surface area contributed by atoms with Gasteiger partial charge in [0.05, 0.1) is 23.0 Å². The molecule has 0 radical (unpaired) electrons. The molecule has 4 N–H and O–H groups in total. The first-order valence-corrected chi connectivity index (χ1v) is 9.04. The Morgan fingerprint density at radius 2 is 2.24 bits per heavy atom. The SMILES string of the molecule is Nc1ccc(C2=CCCCC2)cc1NC(=O)N1CC2C3C1C23NC=O. The van der Waals surface area contributed by atoms with Crippen LogP contribution in [-0.2, 0) is 4.79 Å². The fraction of sp³-hybridized carbons (Fsp3) is 0.474. The number of benzene rings is 1. The van der Waals surface area contributed by atoms with Crippen molar-refractivity contribution in [2.45, 2.75) is 37.3 Å². The van der Waals surface area contributed by atoms with Crippen LogP contribution in [0.4, 0.5) is 16.2 Å². The predicted octanol–water partition coefficient (Wildman–Crippen LogP) is 2.19. The van der Waals surface area contributed by atoms with Gasteiger partial charge in [-0.2, -0.15) is 0 Å². The number of anilines is 2. The minimum Gasteiger partial charge on any atom is -0.397 e. The lowest BCUT2D eigenvalue weighted by Crippen LogP contribution is -2.37. The molecule has 6 nitrogen and oxygen atoms in total. The molecule has 2 bridgehead atoms. The summed E-state index contributed by atoms with van der Waals surface area (Å²) in [5, 5.41) is 5.89. The molecule has 25 heavy (non-hydrogen) atoms. The lowest BCUT2D eigenvalue weighted by atomic mass is 9.93. The average Bonchev–Trinajstić information content (AvgIpc) is 3.30. The number of urea groups is 1. The minimum atomic E-state index is -0.119. The highest BCUT2D eigenvalue weighted by Crippen LogP contribution is 2.78. The van der Waals surface area contributed by atoms with Crippen molar-refractivity contribution in [3.8, 4) is 0 Å². The first kappa shape index (κ1) is 14.8. The third-order valence-electron chi connectivity index (χ3n) is 6.47. The van der Waals surface area contributed by atoms with Crippen LogP contribution in [0, 0.1) is 11.8 Å². The van der Waals surface area contributed by atoms with Crippen LogP contribution in [0.2, 0.25) is 0 Å². The lowest BCUT2D eigenvalue weighted by molar-refractivity contribution is -0.110. The highest BCUT2D eigenvalue weighted by molar-refractivity contribution is 5.95. The van der Waals surface area contributed by atoms with Gasteiger partial charge in [0.25, 0.3) is 0 Å². The van der Waals surface area contributed by atoms with E-state index in [1.54, 1.807) is 0 Å². The van der Waals surface area contributed by atoms with Crippen molar-refractivity contribution in [1.29, 1.82) is 0 Å². The molecule has 2 aliphatic heterocycles. The van der Waals surface area contributed by atoms with E-state index in [1.165, 1.54) is 18.4 Å². The zero-order valence-corrected chi connectivity index (χ0v) is 14.0. The molecule has 0 spiro atoms. The quantitative estimate of drug-likeness (QED) is 0.581. The molecule has 2 heterocycles. The summed E-state index contributed by atoms with van der Waals surface area (Å²) in [6.07, 6.45) is 7.70. The zero-order valence-electron chi connectivity index (χ0n) is 14.0. The van der Waals surface area contributed by atoms with Crippen LogP contribution in [0.1, 0.15) is 31.2 Å². The summed E-state index contributed by atoms with van der Waals surface area (Å²) in [6, 6.07) is 5.92. The number of nitrogens with two attached hydrogens (primary N) is 1. The summed E-state index contributed by atoms with van der Waals surface area (Å²) in [5.41, 5.74) is 9.69. The Balaban J connectivity index is 1.32. The van der Waals surface area contributed by atoms with Crippen LogP contribution < -0.4 is 16.4 Å². The monoisotopic (exact) mass is 338 g/mol. The second-order valence-electron chi connectivity index (χ2n) is 7.63. The molecule has 1 aromatic carbocycles. The number of fused-ring (bicyclic) bond motifs is 1. The van der Waals surface area contributed by atoms with Crippen LogP contribution in [0.3, 0.4) is 0 Å². The number of nitrogens with zero attached hydrogens (tertiary/aromatic N) is 1. The number of carbonyl (C=O) groups is 2. The molecule has 4 fully saturated rings. The summed E-state index contributed by atoms with van der Waals surface area (Å²) in [5.74, 6) is 0.893. The van der Waals surface area contributed by atoms with Gasteiger partial charge in [0.2, 0.25) is 6.41 Å². The summed E-state index contributed by atoms with van der Waals surface area (Å²) in [6.45, 7) is 0.715. The van der Waals surface area contributed by atoms with Gasteiger partial charge in [-0.25, -0.2) is 4.79 Å². The third-order valence-corrected chi connectivity index (χ3v) is 6.47. The van der Waals surface area contributed by atoms with E-state index in [0.29, 0.717) is 29.8 Å². The number of amides is 3. The van der Waals surface area contributed by atoms with Gasteiger partial charge >= 0.3 is 6.03 Å². The Kier molecular flexibility index (Phi) is 2.96. The van der Waals surface area contributed by atoms with E-state index in [2.05, 4.69) is 16.7 Å². The number of nitrogen functional groups attached to an aromatic ring is 1. The van der Waals surface area contributed by atoms with Gasteiger partial charge in [-0.1, -0.05) is 12.1 Å². The standard InChI is InChI=1S/C19H22N4O2/c20-14-7-6-12(11-4-2-1-3-5-11)8-15(14)22-18(25)23-9-13-16-17(23)19(13,16)21-10-24/h4,6-8,10,13,16-17H,1-3,5,9,20H2,(H,21,24)(H,22,25). The third kappa shape index (κ3) is 1.97. The van der Waals surface area contributed by atoms with Gasteiger partial charge in [0.15, 0.2) is 0 Å². The van der Waals surface area contributed by atoms with Crippen molar-refractivity contribution in [3.63, 3.8) is 0 Å². The topological polar surface area (TPSA) is 87.5 Å². The van der Waals surface area contributed by atoms with Crippen molar-refractivity contribution in [3.05, 3.63) is 29.8 Å². The number of piperidine rings is 1. The van der Waals surface area contributed by atoms with E-state index in [-0.39, 0.29) is 17.6 Å². The molecule has 6 heteroatoms. The average molecular weight is 338 g/mol. The van der Waals surface area contributed by atoms with Gasteiger partial charge in [-0.3, -0.25) is 4.79 Å². The molecule has 0 aromatic heterocycles. The Bertz CT molecular complexity index is 799. The van der Waals surface area contributed by atoms with Crippen molar-refractivity contribution in [2.75, 3.05) is 17.6 Å². The first-order valence-electron chi connectivity index (χ1n) is 9.04. The summed E-state index contributed by atoms with van der Waals surface area (Å²) >= 11 is 0. The van der Waals surface area contributed by atoms with E-state index >= 15 is 0 Å². The van der Waals surface area contributed by atoms with E-state index < -0.39 is 0 Å². The highest BCUT2D eigenvalue weighted by Gasteiger charge is 2.93. The number of nitrogens with one attached hydrogen (secondary N) is 2. The fourth-order valence-corrected chi connectivity index (χ4v) is 5.04. The first-order chi connectivity index (χ1) is 12.2. The predicted molar refractivity (Wildman–Crippen MR) is 95.7 cm³/mol. The molecule has 2 saturated heterocycles. The zero-order chi connectivity index (χ0) is 17.2. The number of hydrogen-bond donors (Lipinski definition) is 3. The van der Waals surface area contributed by atoms with E-state index in [9.17, 15) is 9.59 Å². The van der Waals surface area contributed by atoms with Gasteiger partial charge in [-0.05, 0) is 49.0 Å². The van der Waals surface area contributed by atoms with Crippen molar-refractivity contribution < 1.29 is 9.59 Å². The van der Waals surface area contributed by atoms with Gasteiger partial charge in [-0.15, -0.1) is 0 Å². The second-order valence-corrected chi connectivity index (χ2v) is 7.63. The molecular formula is C19H22N4O2. The Hall–Kier alpha value is -2.50. The van der Waals surface area contributed by atoms with Crippen LogP contribution in [0.5, 0.6) is 0 Å². The smallest absolute Gasteiger partial charge is 0.322 e. The number of carbonyl (C=O) groups excluding carboxylic acids is 2. The molecule has 3 aliphatic carbocycles. The Labute approximate surface area is 146 Å². The fourth-order valence-electron chi connectivity index (χ4n) is 5.04. The van der Waals surface area contributed by atoms with Gasteiger partial charge in [0.1, 0.15) is 0 Å². The van der Waals surface area contributed by atoms with Gasteiger partial charge < -0.3 is 21.3 Å². The molecule has 5 aliphatic rings. The minimum absolute atomic E-state index is 0.112. The molecule has 3 amide bonds. The molecule has 2 saturated carbocycles.